The summed E-state index contributed by atoms with van der Waals surface area (Å²) in [7, 11) is 0. The first-order valence-electron chi connectivity index (χ1n) is 7.29. The molecule has 0 radical (unpaired) electrons. The molecular weight excluding hydrogens is 236 g/mol. The molecule has 0 spiro atoms. The van der Waals surface area contributed by atoms with E-state index in [-0.39, 0.29) is 11.5 Å². The molecule has 3 rings (SSSR count). The maximum atomic E-state index is 12.0. The molecule has 0 aliphatic heterocycles. The predicted molar refractivity (Wildman–Crippen MR) is 74.6 cm³/mol. The lowest BCUT2D eigenvalue weighted by Gasteiger charge is -2.31. The Kier molecular flexibility index (Phi) is 3.22. The molecule has 2 heteroatoms. The first-order valence-corrected chi connectivity index (χ1v) is 7.29. The second kappa shape index (κ2) is 4.75. The van der Waals surface area contributed by atoms with E-state index in [2.05, 4.69) is 26.0 Å². The first-order chi connectivity index (χ1) is 9.08. The van der Waals surface area contributed by atoms with Crippen LogP contribution in [0.2, 0.25) is 0 Å². The smallest absolute Gasteiger partial charge is 0.136 e. The maximum Gasteiger partial charge on any atom is 0.136 e. The zero-order chi connectivity index (χ0) is 13.5. The first kappa shape index (κ1) is 12.9. The quantitative estimate of drug-likeness (QED) is 0.828. The van der Waals surface area contributed by atoms with Gasteiger partial charge in [0.2, 0.25) is 0 Å². The van der Waals surface area contributed by atoms with Crippen molar-refractivity contribution in [1.29, 1.82) is 0 Å². The van der Waals surface area contributed by atoms with Gasteiger partial charge in [-0.25, -0.2) is 0 Å². The number of carbonyl (C=O) groups excluding carboxylic acids is 1. The fraction of sp³-hybridized carbons (Fsp3) is 0.588. The van der Waals surface area contributed by atoms with Gasteiger partial charge in [-0.15, -0.1) is 0 Å². The second-order valence-corrected chi connectivity index (χ2v) is 6.44. The lowest BCUT2D eigenvalue weighted by Crippen LogP contribution is -2.34. The molecular formula is C17H22O2. The average molecular weight is 258 g/mol. The minimum Gasteiger partial charge on any atom is -0.370 e. The van der Waals surface area contributed by atoms with E-state index in [4.69, 9.17) is 4.74 Å². The Morgan fingerprint density at radius 3 is 2.79 bits per heavy atom. The number of ketones is 1. The number of hydrogen-bond acceptors (Lipinski definition) is 2. The van der Waals surface area contributed by atoms with Crippen molar-refractivity contribution in [2.75, 3.05) is 0 Å². The molecule has 2 nitrogen and oxygen atoms in total. The summed E-state index contributed by atoms with van der Waals surface area (Å²) in [6, 6.07) is 10.3. The van der Waals surface area contributed by atoms with Crippen LogP contribution in [-0.4, -0.2) is 11.4 Å². The summed E-state index contributed by atoms with van der Waals surface area (Å²) in [6.45, 7) is 4.95. The number of benzene rings is 1. The average Bonchev–Trinajstić information content (AvgIpc) is 2.70. The number of Topliss-reactive ketones (excluding diaryl/α,β-unsaturated/α-hetero) is 1. The Balaban J connectivity index is 1.69. The van der Waals surface area contributed by atoms with Crippen LogP contribution in [0.25, 0.3) is 0 Å². The molecule has 2 fully saturated rings. The Bertz CT molecular complexity index is 467. The summed E-state index contributed by atoms with van der Waals surface area (Å²) in [5, 5.41) is 0. The highest BCUT2D eigenvalue weighted by molar-refractivity contribution is 5.82. The highest BCUT2D eigenvalue weighted by Gasteiger charge is 2.51. The van der Waals surface area contributed by atoms with Gasteiger partial charge in [-0.2, -0.15) is 0 Å². The third kappa shape index (κ3) is 2.34. The summed E-state index contributed by atoms with van der Waals surface area (Å²) in [6.07, 6.45) is 2.92. The molecule has 0 N–H and O–H groups in total. The number of hydrogen-bond donors (Lipinski definition) is 0. The topological polar surface area (TPSA) is 26.3 Å². The van der Waals surface area contributed by atoms with Gasteiger partial charge < -0.3 is 4.74 Å². The molecule has 19 heavy (non-hydrogen) atoms. The Labute approximate surface area is 115 Å². The van der Waals surface area contributed by atoms with Crippen molar-refractivity contribution in [3.05, 3.63) is 35.9 Å². The van der Waals surface area contributed by atoms with Gasteiger partial charge in [-0.1, -0.05) is 37.3 Å². The van der Waals surface area contributed by atoms with Crippen LogP contribution in [0.1, 0.15) is 38.7 Å². The zero-order valence-corrected chi connectivity index (χ0v) is 11.8. The predicted octanol–water partition coefficient (Wildman–Crippen LogP) is 3.60. The van der Waals surface area contributed by atoms with Crippen molar-refractivity contribution in [2.45, 2.75) is 45.3 Å². The van der Waals surface area contributed by atoms with E-state index in [0.717, 1.165) is 12.8 Å². The molecule has 2 saturated carbocycles. The molecule has 1 aromatic rings. The number of carbonyl (C=O) groups is 1. The van der Waals surface area contributed by atoms with Gasteiger partial charge in [-0.3, -0.25) is 4.79 Å². The van der Waals surface area contributed by atoms with E-state index >= 15 is 0 Å². The number of rotatable bonds is 3. The van der Waals surface area contributed by atoms with Gasteiger partial charge in [-0.05, 0) is 37.2 Å². The van der Waals surface area contributed by atoms with Crippen LogP contribution in [0.5, 0.6) is 0 Å². The molecule has 4 atom stereocenters. The molecule has 0 unspecified atom stereocenters. The molecule has 0 aromatic heterocycles. The molecule has 2 aliphatic carbocycles. The third-order valence-corrected chi connectivity index (χ3v) is 5.19. The van der Waals surface area contributed by atoms with Crippen molar-refractivity contribution < 1.29 is 9.53 Å². The third-order valence-electron chi connectivity index (χ3n) is 5.19. The molecule has 1 aromatic carbocycles. The van der Waals surface area contributed by atoms with E-state index in [1.165, 1.54) is 5.56 Å². The molecule has 0 saturated heterocycles. The highest BCUT2D eigenvalue weighted by Crippen LogP contribution is 2.51. The van der Waals surface area contributed by atoms with Crippen LogP contribution in [0, 0.1) is 17.8 Å². The summed E-state index contributed by atoms with van der Waals surface area (Å²) in [5.74, 6) is 1.63. The van der Waals surface area contributed by atoms with Crippen molar-refractivity contribution >= 4 is 5.78 Å². The van der Waals surface area contributed by atoms with E-state index in [0.29, 0.717) is 30.6 Å². The second-order valence-electron chi connectivity index (χ2n) is 6.44. The minimum absolute atomic E-state index is 0.110. The van der Waals surface area contributed by atoms with Gasteiger partial charge in [0, 0.05) is 12.3 Å². The van der Waals surface area contributed by atoms with Gasteiger partial charge in [0.05, 0.1) is 12.2 Å². The van der Waals surface area contributed by atoms with E-state index < -0.39 is 0 Å². The standard InChI is InChI=1S/C17H22O2/c1-12-14-8-15(9-16(12)18)17(2,10-14)19-11-13-6-4-3-5-7-13/h3-7,12,14-15H,8-11H2,1-2H3/t12-,14+,15+,17+/m1/s1. The van der Waals surface area contributed by atoms with Crippen LogP contribution in [0.3, 0.4) is 0 Å². The lowest BCUT2D eigenvalue weighted by atomic mass is 9.79. The molecule has 2 aliphatic rings. The fourth-order valence-electron chi connectivity index (χ4n) is 3.76. The fourth-order valence-corrected chi connectivity index (χ4v) is 3.76. The summed E-state index contributed by atoms with van der Waals surface area (Å²) in [5.41, 5.74) is 1.10. The Morgan fingerprint density at radius 1 is 1.32 bits per heavy atom. The van der Waals surface area contributed by atoms with Crippen molar-refractivity contribution in [2.24, 2.45) is 17.8 Å². The summed E-state index contributed by atoms with van der Waals surface area (Å²) < 4.78 is 6.23. The lowest BCUT2D eigenvalue weighted by molar-refractivity contribution is -0.128. The van der Waals surface area contributed by atoms with Crippen LogP contribution < -0.4 is 0 Å². The van der Waals surface area contributed by atoms with Crippen LogP contribution in [0.15, 0.2) is 30.3 Å². The van der Waals surface area contributed by atoms with E-state index in [1.807, 2.05) is 18.2 Å². The molecule has 0 heterocycles. The number of ether oxygens (including phenoxy) is 1. The Hall–Kier alpha value is -1.15. The SMILES string of the molecule is C[C@H]1C(=O)C[C@@H]2C[C@H]1C[C@]2(C)OCc1ccccc1. The maximum absolute atomic E-state index is 12.0. The minimum atomic E-state index is -0.110. The van der Waals surface area contributed by atoms with Gasteiger partial charge >= 0.3 is 0 Å². The normalized spacial score (nSPS) is 37.6. The monoisotopic (exact) mass is 258 g/mol. The largest absolute Gasteiger partial charge is 0.370 e. The van der Waals surface area contributed by atoms with Crippen LogP contribution >= 0.6 is 0 Å². The summed E-state index contributed by atoms with van der Waals surface area (Å²) >= 11 is 0. The van der Waals surface area contributed by atoms with Gasteiger partial charge in [0.15, 0.2) is 0 Å². The van der Waals surface area contributed by atoms with E-state index in [1.54, 1.807) is 0 Å². The summed E-state index contributed by atoms with van der Waals surface area (Å²) in [4.78, 5) is 12.0. The van der Waals surface area contributed by atoms with E-state index in [9.17, 15) is 4.79 Å². The van der Waals surface area contributed by atoms with Gasteiger partial charge in [0.1, 0.15) is 5.78 Å². The molecule has 102 valence electrons. The van der Waals surface area contributed by atoms with Gasteiger partial charge in [0.25, 0.3) is 0 Å². The van der Waals surface area contributed by atoms with Crippen molar-refractivity contribution in [3.63, 3.8) is 0 Å². The Morgan fingerprint density at radius 2 is 2.05 bits per heavy atom. The van der Waals surface area contributed by atoms with Crippen LogP contribution in [-0.2, 0) is 16.1 Å². The number of fused-ring (bicyclic) bond motifs is 2. The van der Waals surface area contributed by atoms with Crippen molar-refractivity contribution in [1.82, 2.24) is 0 Å². The zero-order valence-electron chi connectivity index (χ0n) is 11.8. The molecule has 2 bridgehead atoms. The molecule has 0 amide bonds. The van der Waals surface area contributed by atoms with Crippen LogP contribution in [0.4, 0.5) is 0 Å². The highest BCUT2D eigenvalue weighted by atomic mass is 16.5. The van der Waals surface area contributed by atoms with Crippen molar-refractivity contribution in [3.8, 4) is 0 Å².